The molecule has 0 atom stereocenters. The molecule has 1 aromatic carbocycles. The molecule has 0 aliphatic carbocycles. The maximum Gasteiger partial charge on any atom is 0.374 e. The SMILES string of the molecule is Cc1ccc(C(C)C)cc1CC(F)(F)C(=O)O. The van der Waals surface area contributed by atoms with Crippen LogP contribution in [-0.2, 0) is 11.2 Å². The van der Waals surface area contributed by atoms with Gasteiger partial charge >= 0.3 is 11.9 Å². The van der Waals surface area contributed by atoms with Gasteiger partial charge in [0.1, 0.15) is 0 Å². The second kappa shape index (κ2) is 4.82. The summed E-state index contributed by atoms with van der Waals surface area (Å²) in [6.07, 6.45) is -0.755. The van der Waals surface area contributed by atoms with E-state index < -0.39 is 18.3 Å². The highest BCUT2D eigenvalue weighted by molar-refractivity contribution is 5.75. The maximum absolute atomic E-state index is 13.1. The van der Waals surface area contributed by atoms with E-state index in [-0.39, 0.29) is 5.92 Å². The molecule has 17 heavy (non-hydrogen) atoms. The minimum atomic E-state index is -3.71. The summed E-state index contributed by atoms with van der Waals surface area (Å²) in [6.45, 7) is 5.63. The zero-order valence-electron chi connectivity index (χ0n) is 10.1. The molecule has 1 aromatic rings. The number of alkyl halides is 2. The first-order valence-corrected chi connectivity index (χ1v) is 5.44. The molecule has 0 saturated heterocycles. The Hall–Kier alpha value is -1.45. The summed E-state index contributed by atoms with van der Waals surface area (Å²) in [7, 11) is 0. The summed E-state index contributed by atoms with van der Waals surface area (Å²) < 4.78 is 26.3. The first kappa shape index (κ1) is 13.6. The van der Waals surface area contributed by atoms with Crippen molar-refractivity contribution >= 4 is 5.97 Å². The Morgan fingerprint density at radius 3 is 2.47 bits per heavy atom. The molecule has 0 heterocycles. The predicted molar refractivity (Wildman–Crippen MR) is 61.6 cm³/mol. The van der Waals surface area contributed by atoms with Gasteiger partial charge in [-0.1, -0.05) is 32.0 Å². The Kier molecular flexibility index (Phi) is 3.86. The fourth-order valence-corrected chi connectivity index (χ4v) is 1.56. The number of hydrogen-bond acceptors (Lipinski definition) is 1. The first-order chi connectivity index (χ1) is 7.74. The molecule has 0 aliphatic heterocycles. The molecular formula is C13H16F2O2. The Bertz CT molecular complexity index is 425. The van der Waals surface area contributed by atoms with Crippen molar-refractivity contribution in [2.75, 3.05) is 0 Å². The van der Waals surface area contributed by atoms with Crippen molar-refractivity contribution in [3.8, 4) is 0 Å². The van der Waals surface area contributed by atoms with E-state index in [1.807, 2.05) is 19.9 Å². The lowest BCUT2D eigenvalue weighted by Gasteiger charge is -2.15. The monoisotopic (exact) mass is 242 g/mol. The standard InChI is InChI=1S/C13H16F2O2/c1-8(2)10-5-4-9(3)11(6-10)7-13(14,15)12(16)17/h4-6,8H,7H2,1-3H3,(H,16,17). The fourth-order valence-electron chi connectivity index (χ4n) is 1.56. The average molecular weight is 242 g/mol. The lowest BCUT2D eigenvalue weighted by Crippen LogP contribution is -2.31. The largest absolute Gasteiger partial charge is 0.477 e. The van der Waals surface area contributed by atoms with Crippen LogP contribution in [0.25, 0.3) is 0 Å². The van der Waals surface area contributed by atoms with Crippen molar-refractivity contribution in [2.45, 2.75) is 39.0 Å². The van der Waals surface area contributed by atoms with E-state index in [9.17, 15) is 13.6 Å². The van der Waals surface area contributed by atoms with Crippen molar-refractivity contribution in [1.82, 2.24) is 0 Å². The van der Waals surface area contributed by atoms with Crippen molar-refractivity contribution in [3.63, 3.8) is 0 Å². The lowest BCUT2D eigenvalue weighted by atomic mass is 9.95. The summed E-state index contributed by atoms with van der Waals surface area (Å²) in [4.78, 5) is 10.4. The molecule has 2 nitrogen and oxygen atoms in total. The number of carboxylic acid groups (broad SMARTS) is 1. The Morgan fingerprint density at radius 2 is 2.00 bits per heavy atom. The van der Waals surface area contributed by atoms with Gasteiger partial charge < -0.3 is 5.11 Å². The summed E-state index contributed by atoms with van der Waals surface area (Å²) in [6, 6.07) is 5.29. The molecule has 0 aliphatic rings. The van der Waals surface area contributed by atoms with Crippen LogP contribution in [0.4, 0.5) is 8.78 Å². The highest BCUT2D eigenvalue weighted by Crippen LogP contribution is 2.25. The van der Waals surface area contributed by atoms with Gasteiger partial charge in [-0.05, 0) is 29.5 Å². The minimum absolute atomic E-state index is 0.229. The quantitative estimate of drug-likeness (QED) is 0.878. The highest BCUT2D eigenvalue weighted by atomic mass is 19.3. The molecule has 4 heteroatoms. The van der Waals surface area contributed by atoms with Gasteiger partial charge in [-0.25, -0.2) is 4.79 Å². The summed E-state index contributed by atoms with van der Waals surface area (Å²) in [5.41, 5.74) is 2.02. The highest BCUT2D eigenvalue weighted by Gasteiger charge is 2.39. The van der Waals surface area contributed by atoms with Gasteiger partial charge in [0.05, 0.1) is 0 Å². The normalized spacial score (nSPS) is 11.9. The van der Waals surface area contributed by atoms with Crippen LogP contribution in [0, 0.1) is 6.92 Å². The number of halogens is 2. The van der Waals surface area contributed by atoms with E-state index in [2.05, 4.69) is 0 Å². The lowest BCUT2D eigenvalue weighted by molar-refractivity contribution is -0.164. The molecule has 94 valence electrons. The van der Waals surface area contributed by atoms with E-state index in [0.717, 1.165) is 5.56 Å². The van der Waals surface area contributed by atoms with Crippen LogP contribution in [0.1, 0.15) is 36.5 Å². The van der Waals surface area contributed by atoms with E-state index >= 15 is 0 Å². The van der Waals surface area contributed by atoms with Gasteiger partial charge in [0.15, 0.2) is 0 Å². The number of carbonyl (C=O) groups is 1. The summed E-state index contributed by atoms with van der Waals surface area (Å²) >= 11 is 0. The molecular weight excluding hydrogens is 226 g/mol. The minimum Gasteiger partial charge on any atom is -0.477 e. The molecule has 0 aromatic heterocycles. The van der Waals surface area contributed by atoms with Crippen molar-refractivity contribution in [2.24, 2.45) is 0 Å². The maximum atomic E-state index is 13.1. The zero-order valence-corrected chi connectivity index (χ0v) is 10.1. The number of benzene rings is 1. The second-order valence-corrected chi connectivity index (χ2v) is 4.53. The Morgan fingerprint density at radius 1 is 1.41 bits per heavy atom. The third-order valence-electron chi connectivity index (χ3n) is 2.77. The average Bonchev–Trinajstić information content (AvgIpc) is 2.20. The van der Waals surface area contributed by atoms with Crippen LogP contribution in [0.15, 0.2) is 18.2 Å². The van der Waals surface area contributed by atoms with Gasteiger partial charge in [-0.3, -0.25) is 0 Å². The van der Waals surface area contributed by atoms with Gasteiger partial charge in [-0.15, -0.1) is 0 Å². The number of hydrogen-bond donors (Lipinski definition) is 1. The molecule has 0 bridgehead atoms. The van der Waals surface area contributed by atoms with Gasteiger partial charge in [0, 0.05) is 6.42 Å². The molecule has 0 radical (unpaired) electrons. The Balaban J connectivity index is 3.05. The van der Waals surface area contributed by atoms with Crippen LogP contribution in [0.2, 0.25) is 0 Å². The summed E-state index contributed by atoms with van der Waals surface area (Å²) in [5, 5.41) is 8.42. The van der Waals surface area contributed by atoms with Crippen molar-refractivity contribution in [1.29, 1.82) is 0 Å². The third-order valence-corrected chi connectivity index (χ3v) is 2.77. The smallest absolute Gasteiger partial charge is 0.374 e. The molecule has 1 N–H and O–H groups in total. The van der Waals surface area contributed by atoms with Crippen LogP contribution in [0.5, 0.6) is 0 Å². The number of carboxylic acids is 1. The second-order valence-electron chi connectivity index (χ2n) is 4.53. The topological polar surface area (TPSA) is 37.3 Å². The fraction of sp³-hybridized carbons (Fsp3) is 0.462. The predicted octanol–water partition coefficient (Wildman–Crippen LogP) is 3.38. The first-order valence-electron chi connectivity index (χ1n) is 5.44. The molecule has 0 unspecified atom stereocenters. The van der Waals surface area contributed by atoms with Crippen LogP contribution in [-0.4, -0.2) is 17.0 Å². The van der Waals surface area contributed by atoms with Crippen molar-refractivity contribution < 1.29 is 18.7 Å². The van der Waals surface area contributed by atoms with Crippen LogP contribution < -0.4 is 0 Å². The molecule has 0 saturated carbocycles. The molecule has 0 fully saturated rings. The molecule has 0 spiro atoms. The number of aliphatic carboxylic acids is 1. The Labute approximate surface area is 99.3 Å². The molecule has 1 rings (SSSR count). The van der Waals surface area contributed by atoms with E-state index in [0.29, 0.717) is 11.1 Å². The van der Waals surface area contributed by atoms with Crippen LogP contribution in [0.3, 0.4) is 0 Å². The van der Waals surface area contributed by atoms with Gasteiger partial charge in [0.2, 0.25) is 0 Å². The summed E-state index contributed by atoms with van der Waals surface area (Å²) in [5.74, 6) is -5.56. The van der Waals surface area contributed by atoms with Crippen molar-refractivity contribution in [3.05, 3.63) is 34.9 Å². The van der Waals surface area contributed by atoms with Gasteiger partial charge in [-0.2, -0.15) is 8.78 Å². The number of aryl methyl sites for hydroxylation is 1. The third kappa shape index (κ3) is 3.25. The number of rotatable bonds is 4. The van der Waals surface area contributed by atoms with E-state index in [4.69, 9.17) is 5.11 Å². The molecule has 0 amide bonds. The zero-order chi connectivity index (χ0) is 13.2. The van der Waals surface area contributed by atoms with E-state index in [1.54, 1.807) is 19.1 Å². The van der Waals surface area contributed by atoms with Gasteiger partial charge in [0.25, 0.3) is 0 Å². The van der Waals surface area contributed by atoms with E-state index in [1.165, 1.54) is 0 Å². The van der Waals surface area contributed by atoms with Crippen LogP contribution >= 0.6 is 0 Å².